The second-order valence-electron chi connectivity index (χ2n) is 7.45. The van der Waals surface area contributed by atoms with E-state index in [1.807, 2.05) is 20.8 Å². The molecule has 1 aromatic heterocycles. The van der Waals surface area contributed by atoms with Crippen LogP contribution in [0.3, 0.4) is 0 Å². The highest BCUT2D eigenvalue weighted by atomic mass is 19.4. The first-order valence-corrected chi connectivity index (χ1v) is 10.4. The van der Waals surface area contributed by atoms with Crippen molar-refractivity contribution >= 4 is 11.9 Å². The molecule has 0 radical (unpaired) electrons. The highest BCUT2D eigenvalue weighted by Crippen LogP contribution is 2.29. The normalized spacial score (nSPS) is 15.8. The van der Waals surface area contributed by atoms with Gasteiger partial charge in [0.2, 0.25) is 11.8 Å². The highest BCUT2D eigenvalue weighted by molar-refractivity contribution is 5.80. The number of alkyl halides is 3. The molecule has 0 saturated carbocycles. The molecule has 11 heteroatoms. The van der Waals surface area contributed by atoms with E-state index in [1.54, 1.807) is 0 Å². The minimum atomic E-state index is -4.42. The summed E-state index contributed by atoms with van der Waals surface area (Å²) in [6.45, 7) is 10.5. The molecule has 0 aliphatic carbocycles. The standard InChI is InChI=1S/C20H31F3N6O2/c1-4-24-19(29-10-8-28(9-11-29)14-17(30)27-15(2)3)25-7-12-31-18-6-5-16(13-26-18)20(21,22)23/h5-6,13,15H,4,7-12,14H2,1-3H3,(H,24,25)(H,27,30). The van der Waals surface area contributed by atoms with E-state index in [0.29, 0.717) is 19.6 Å². The number of carbonyl (C=O) groups is 1. The van der Waals surface area contributed by atoms with Crippen LogP contribution in [0.15, 0.2) is 23.3 Å². The molecule has 2 heterocycles. The van der Waals surface area contributed by atoms with Crippen molar-refractivity contribution in [1.29, 1.82) is 0 Å². The number of pyridine rings is 1. The van der Waals surface area contributed by atoms with Crippen LogP contribution in [0.1, 0.15) is 26.3 Å². The summed E-state index contributed by atoms with van der Waals surface area (Å²) in [4.78, 5) is 24.4. The van der Waals surface area contributed by atoms with Gasteiger partial charge in [0.1, 0.15) is 6.61 Å². The fraction of sp³-hybridized carbons (Fsp3) is 0.650. The number of halogens is 3. The van der Waals surface area contributed by atoms with Gasteiger partial charge >= 0.3 is 6.18 Å². The van der Waals surface area contributed by atoms with Gasteiger partial charge < -0.3 is 20.3 Å². The number of amides is 1. The molecular formula is C20H31F3N6O2. The number of carbonyl (C=O) groups excluding carboxylic acids is 1. The van der Waals surface area contributed by atoms with Gasteiger partial charge in [0.25, 0.3) is 0 Å². The lowest BCUT2D eigenvalue weighted by atomic mass is 10.3. The Morgan fingerprint density at radius 1 is 1.26 bits per heavy atom. The van der Waals surface area contributed by atoms with Gasteiger partial charge in [0, 0.05) is 51.0 Å². The zero-order chi connectivity index (χ0) is 22.9. The van der Waals surface area contributed by atoms with Gasteiger partial charge in [-0.25, -0.2) is 9.98 Å². The molecule has 0 atom stereocenters. The van der Waals surface area contributed by atoms with Crippen LogP contribution in [0.2, 0.25) is 0 Å². The number of hydrogen-bond donors (Lipinski definition) is 2. The molecule has 174 valence electrons. The van der Waals surface area contributed by atoms with Gasteiger partial charge in [-0.1, -0.05) is 0 Å². The monoisotopic (exact) mass is 444 g/mol. The van der Waals surface area contributed by atoms with Crippen molar-refractivity contribution in [3.8, 4) is 5.88 Å². The Hall–Kier alpha value is -2.56. The van der Waals surface area contributed by atoms with Crippen LogP contribution in [-0.2, 0) is 11.0 Å². The number of aromatic nitrogens is 1. The lowest BCUT2D eigenvalue weighted by Gasteiger charge is -2.36. The number of rotatable bonds is 8. The quantitative estimate of drug-likeness (QED) is 0.360. The zero-order valence-corrected chi connectivity index (χ0v) is 18.2. The van der Waals surface area contributed by atoms with Crippen LogP contribution in [0, 0.1) is 0 Å². The van der Waals surface area contributed by atoms with Crippen LogP contribution in [-0.4, -0.2) is 85.1 Å². The molecule has 1 saturated heterocycles. The smallest absolute Gasteiger partial charge is 0.417 e. The number of nitrogens with one attached hydrogen (secondary N) is 2. The topological polar surface area (TPSA) is 82.1 Å². The van der Waals surface area contributed by atoms with E-state index in [-0.39, 0.29) is 24.4 Å². The Bertz CT molecular complexity index is 717. The van der Waals surface area contributed by atoms with E-state index >= 15 is 0 Å². The molecule has 1 amide bonds. The van der Waals surface area contributed by atoms with Crippen molar-refractivity contribution in [2.45, 2.75) is 33.0 Å². The first-order chi connectivity index (χ1) is 14.7. The molecule has 2 N–H and O–H groups in total. The van der Waals surface area contributed by atoms with Crippen molar-refractivity contribution in [1.82, 2.24) is 25.4 Å². The van der Waals surface area contributed by atoms with Crippen LogP contribution in [0.5, 0.6) is 5.88 Å². The van der Waals surface area contributed by atoms with E-state index in [9.17, 15) is 18.0 Å². The zero-order valence-electron chi connectivity index (χ0n) is 18.2. The fourth-order valence-corrected chi connectivity index (χ4v) is 3.05. The third-order valence-electron chi connectivity index (χ3n) is 4.49. The van der Waals surface area contributed by atoms with E-state index in [4.69, 9.17) is 4.74 Å². The summed E-state index contributed by atoms with van der Waals surface area (Å²) in [7, 11) is 0. The summed E-state index contributed by atoms with van der Waals surface area (Å²) in [5.41, 5.74) is -0.812. The predicted octanol–water partition coefficient (Wildman–Crippen LogP) is 1.59. The number of ether oxygens (including phenoxy) is 1. The van der Waals surface area contributed by atoms with Crippen molar-refractivity contribution < 1.29 is 22.7 Å². The Kier molecular flexibility index (Phi) is 9.35. The van der Waals surface area contributed by atoms with Gasteiger partial charge in [0.05, 0.1) is 18.7 Å². The molecule has 8 nitrogen and oxygen atoms in total. The van der Waals surface area contributed by atoms with Crippen LogP contribution < -0.4 is 15.4 Å². The second kappa shape index (κ2) is 11.7. The van der Waals surface area contributed by atoms with Crippen LogP contribution >= 0.6 is 0 Å². The number of aliphatic imine (C=N–C) groups is 1. The van der Waals surface area contributed by atoms with Crippen molar-refractivity contribution in [3.05, 3.63) is 23.9 Å². The van der Waals surface area contributed by atoms with E-state index in [2.05, 4.69) is 30.4 Å². The summed E-state index contributed by atoms with van der Waals surface area (Å²) in [6, 6.07) is 2.27. The lowest BCUT2D eigenvalue weighted by Crippen LogP contribution is -2.54. The molecule has 31 heavy (non-hydrogen) atoms. The van der Waals surface area contributed by atoms with E-state index in [1.165, 1.54) is 6.07 Å². The average molecular weight is 445 g/mol. The third kappa shape index (κ3) is 8.60. The third-order valence-corrected chi connectivity index (χ3v) is 4.49. The Balaban J connectivity index is 1.79. The lowest BCUT2D eigenvalue weighted by molar-refractivity contribution is -0.137. The number of piperazine rings is 1. The number of nitrogens with zero attached hydrogens (tertiary/aromatic N) is 4. The predicted molar refractivity (Wildman–Crippen MR) is 112 cm³/mol. The van der Waals surface area contributed by atoms with E-state index in [0.717, 1.165) is 44.4 Å². The molecule has 1 aliphatic heterocycles. The highest BCUT2D eigenvalue weighted by Gasteiger charge is 2.30. The molecule has 0 aromatic carbocycles. The molecule has 2 rings (SSSR count). The maximum absolute atomic E-state index is 12.6. The number of guanidine groups is 1. The summed E-state index contributed by atoms with van der Waals surface area (Å²) in [6.07, 6.45) is -3.66. The summed E-state index contributed by atoms with van der Waals surface area (Å²) >= 11 is 0. The van der Waals surface area contributed by atoms with Gasteiger partial charge in [-0.2, -0.15) is 13.2 Å². The minimum absolute atomic E-state index is 0.0260. The molecule has 1 aliphatic rings. The summed E-state index contributed by atoms with van der Waals surface area (Å²) in [5, 5.41) is 6.14. The largest absolute Gasteiger partial charge is 0.476 e. The Morgan fingerprint density at radius 2 is 1.97 bits per heavy atom. The van der Waals surface area contributed by atoms with Crippen molar-refractivity contribution in [3.63, 3.8) is 0 Å². The van der Waals surface area contributed by atoms with Gasteiger partial charge in [-0.3, -0.25) is 9.69 Å². The SMILES string of the molecule is CCNC(=NCCOc1ccc(C(F)(F)F)cn1)N1CCN(CC(=O)NC(C)C)CC1. The fourth-order valence-electron chi connectivity index (χ4n) is 3.05. The molecule has 1 fully saturated rings. The Labute approximate surface area is 180 Å². The minimum Gasteiger partial charge on any atom is -0.476 e. The molecular weight excluding hydrogens is 413 g/mol. The molecule has 0 unspecified atom stereocenters. The molecule has 0 spiro atoms. The first kappa shape index (κ1) is 24.7. The van der Waals surface area contributed by atoms with Gasteiger partial charge in [-0.15, -0.1) is 0 Å². The van der Waals surface area contributed by atoms with Gasteiger partial charge in [-0.05, 0) is 26.8 Å². The summed E-state index contributed by atoms with van der Waals surface area (Å²) in [5.74, 6) is 0.900. The molecule has 1 aromatic rings. The number of hydrogen-bond acceptors (Lipinski definition) is 5. The van der Waals surface area contributed by atoms with Crippen LogP contribution in [0.4, 0.5) is 13.2 Å². The van der Waals surface area contributed by atoms with Gasteiger partial charge in [0.15, 0.2) is 5.96 Å². The Morgan fingerprint density at radius 3 is 2.52 bits per heavy atom. The second-order valence-corrected chi connectivity index (χ2v) is 7.45. The van der Waals surface area contributed by atoms with E-state index < -0.39 is 11.7 Å². The van der Waals surface area contributed by atoms with Crippen LogP contribution in [0.25, 0.3) is 0 Å². The first-order valence-electron chi connectivity index (χ1n) is 10.4. The van der Waals surface area contributed by atoms with Crippen molar-refractivity contribution in [2.24, 2.45) is 4.99 Å². The van der Waals surface area contributed by atoms with Crippen molar-refractivity contribution in [2.75, 3.05) is 52.4 Å². The molecule has 0 bridgehead atoms. The maximum atomic E-state index is 12.6. The maximum Gasteiger partial charge on any atom is 0.417 e. The average Bonchev–Trinajstić information content (AvgIpc) is 2.70. The summed E-state index contributed by atoms with van der Waals surface area (Å²) < 4.78 is 43.1.